The van der Waals surface area contributed by atoms with Gasteiger partial charge in [0.1, 0.15) is 0 Å². The topological polar surface area (TPSA) is 55.1 Å². The molecule has 1 amide bonds. The summed E-state index contributed by atoms with van der Waals surface area (Å²) in [5, 5.41) is 5.15. The van der Waals surface area contributed by atoms with E-state index in [2.05, 4.69) is 25.2 Å². The molecule has 0 aliphatic carbocycles. The Labute approximate surface area is 114 Å². The Morgan fingerprint density at radius 2 is 2.17 bits per heavy atom. The molecule has 102 valence electrons. The van der Waals surface area contributed by atoms with E-state index in [4.69, 9.17) is 5.73 Å². The van der Waals surface area contributed by atoms with Crippen LogP contribution in [0, 0.1) is 5.92 Å². The van der Waals surface area contributed by atoms with Crippen LogP contribution < -0.4 is 11.1 Å². The molecule has 0 radical (unpaired) electrons. The van der Waals surface area contributed by atoms with Crippen LogP contribution in [0.2, 0.25) is 0 Å². The van der Waals surface area contributed by atoms with Gasteiger partial charge in [0, 0.05) is 16.8 Å². The molecule has 1 unspecified atom stereocenters. The van der Waals surface area contributed by atoms with Gasteiger partial charge in [0.25, 0.3) is 0 Å². The molecule has 0 spiro atoms. The second-order valence-corrected chi connectivity index (χ2v) is 6.77. The lowest BCUT2D eigenvalue weighted by molar-refractivity contribution is -0.122. The third-order valence-corrected chi connectivity index (χ3v) is 3.78. The van der Waals surface area contributed by atoms with Gasteiger partial charge in [-0.1, -0.05) is 19.9 Å². The van der Waals surface area contributed by atoms with Crippen LogP contribution in [0.3, 0.4) is 0 Å². The van der Waals surface area contributed by atoms with Crippen LogP contribution in [0.25, 0.3) is 0 Å². The van der Waals surface area contributed by atoms with E-state index in [-0.39, 0.29) is 17.5 Å². The normalized spacial score (nSPS) is 13.7. The quantitative estimate of drug-likeness (QED) is 0.833. The molecule has 1 rings (SSSR count). The summed E-state index contributed by atoms with van der Waals surface area (Å²) in [5.41, 5.74) is 5.61. The Kier molecular flexibility index (Phi) is 5.35. The first-order valence-electron chi connectivity index (χ1n) is 6.41. The Morgan fingerprint density at radius 1 is 1.50 bits per heavy atom. The van der Waals surface area contributed by atoms with E-state index in [1.54, 1.807) is 11.3 Å². The van der Waals surface area contributed by atoms with Gasteiger partial charge < -0.3 is 11.1 Å². The van der Waals surface area contributed by atoms with Gasteiger partial charge >= 0.3 is 0 Å². The molecule has 4 heteroatoms. The van der Waals surface area contributed by atoms with Gasteiger partial charge in [0.15, 0.2) is 0 Å². The molecule has 1 heterocycles. The summed E-state index contributed by atoms with van der Waals surface area (Å²) >= 11 is 1.69. The zero-order valence-electron chi connectivity index (χ0n) is 11.7. The number of thiophene rings is 1. The monoisotopic (exact) mass is 268 g/mol. The number of carbonyl (C=O) groups is 1. The van der Waals surface area contributed by atoms with E-state index in [1.807, 2.05) is 25.3 Å². The third-order valence-electron chi connectivity index (χ3n) is 2.83. The van der Waals surface area contributed by atoms with E-state index in [9.17, 15) is 4.79 Å². The fourth-order valence-corrected chi connectivity index (χ4v) is 2.66. The van der Waals surface area contributed by atoms with E-state index in [1.165, 1.54) is 4.88 Å². The minimum Gasteiger partial charge on any atom is -0.348 e. The van der Waals surface area contributed by atoms with Crippen LogP contribution in [0.4, 0.5) is 0 Å². The van der Waals surface area contributed by atoms with E-state index in [0.717, 1.165) is 0 Å². The average Bonchev–Trinajstić information content (AvgIpc) is 2.74. The number of nitrogens with one attached hydrogen (secondary N) is 1. The molecular formula is C14H24N2OS. The minimum absolute atomic E-state index is 0.0839. The lowest BCUT2D eigenvalue weighted by atomic mass is 9.98. The highest BCUT2D eigenvalue weighted by molar-refractivity contribution is 7.10. The van der Waals surface area contributed by atoms with Gasteiger partial charge in [-0.15, -0.1) is 11.3 Å². The maximum atomic E-state index is 11.9. The first kappa shape index (κ1) is 15.2. The second-order valence-electron chi connectivity index (χ2n) is 5.79. The first-order chi connectivity index (χ1) is 8.29. The molecule has 0 aliphatic heterocycles. The van der Waals surface area contributed by atoms with Crippen LogP contribution in [0.15, 0.2) is 17.5 Å². The lowest BCUT2D eigenvalue weighted by Gasteiger charge is -2.23. The number of hydrogen-bond donors (Lipinski definition) is 2. The van der Waals surface area contributed by atoms with Crippen molar-refractivity contribution < 1.29 is 4.79 Å². The van der Waals surface area contributed by atoms with Crippen molar-refractivity contribution in [1.29, 1.82) is 0 Å². The van der Waals surface area contributed by atoms with Crippen molar-refractivity contribution in [2.24, 2.45) is 11.7 Å². The molecule has 0 fully saturated rings. The van der Waals surface area contributed by atoms with Gasteiger partial charge in [0.05, 0.1) is 6.04 Å². The maximum absolute atomic E-state index is 11.9. The predicted octanol–water partition coefficient (Wildman–Crippen LogP) is 3.08. The Hall–Kier alpha value is -0.870. The summed E-state index contributed by atoms with van der Waals surface area (Å²) in [4.78, 5) is 13.2. The molecule has 3 N–H and O–H groups in total. The van der Waals surface area contributed by atoms with Gasteiger partial charge in [-0.25, -0.2) is 0 Å². The highest BCUT2D eigenvalue weighted by Gasteiger charge is 2.20. The number of hydrogen-bond acceptors (Lipinski definition) is 3. The minimum atomic E-state index is -0.284. The zero-order chi connectivity index (χ0) is 13.8. The smallest absolute Gasteiger partial charge is 0.220 e. The molecule has 0 saturated carbocycles. The van der Waals surface area contributed by atoms with Gasteiger partial charge in [0.2, 0.25) is 5.91 Å². The van der Waals surface area contributed by atoms with Crippen LogP contribution in [0.5, 0.6) is 0 Å². The summed E-state index contributed by atoms with van der Waals surface area (Å²) in [6.45, 7) is 8.13. The van der Waals surface area contributed by atoms with Gasteiger partial charge in [-0.2, -0.15) is 0 Å². The van der Waals surface area contributed by atoms with Crippen molar-refractivity contribution in [2.75, 3.05) is 0 Å². The molecule has 0 aromatic carbocycles. The van der Waals surface area contributed by atoms with Crippen molar-refractivity contribution in [2.45, 2.75) is 52.1 Å². The molecule has 3 nitrogen and oxygen atoms in total. The summed E-state index contributed by atoms with van der Waals surface area (Å²) < 4.78 is 0. The second kappa shape index (κ2) is 6.34. The summed E-state index contributed by atoms with van der Waals surface area (Å²) in [6, 6.07) is 4.20. The number of nitrogens with two attached hydrogens (primary N) is 1. The lowest BCUT2D eigenvalue weighted by Crippen LogP contribution is -2.36. The predicted molar refractivity (Wildman–Crippen MR) is 77.5 cm³/mol. The Morgan fingerprint density at radius 3 is 2.61 bits per heavy atom. The molecule has 0 saturated heterocycles. The first-order valence-corrected chi connectivity index (χ1v) is 7.29. The molecule has 0 bridgehead atoms. The van der Waals surface area contributed by atoms with Crippen LogP contribution in [-0.4, -0.2) is 11.4 Å². The number of amides is 1. The standard InChI is InChI=1S/C14H24N2OS/c1-10(2)13(11-6-5-9-18-11)16-12(17)7-8-14(3,4)15/h5-6,9-10,13H,7-8,15H2,1-4H3,(H,16,17). The fourth-order valence-electron chi connectivity index (χ4n) is 1.72. The average molecular weight is 268 g/mol. The van der Waals surface area contributed by atoms with E-state index >= 15 is 0 Å². The molecule has 0 aliphatic rings. The molecular weight excluding hydrogens is 244 g/mol. The Balaban J connectivity index is 2.55. The van der Waals surface area contributed by atoms with Crippen LogP contribution in [0.1, 0.15) is 51.5 Å². The summed E-state index contributed by atoms with van der Waals surface area (Å²) in [5.74, 6) is 0.471. The zero-order valence-corrected chi connectivity index (χ0v) is 12.5. The fraction of sp³-hybridized carbons (Fsp3) is 0.643. The van der Waals surface area contributed by atoms with Gasteiger partial charge in [-0.3, -0.25) is 4.79 Å². The largest absolute Gasteiger partial charge is 0.348 e. The van der Waals surface area contributed by atoms with Crippen molar-refractivity contribution in [1.82, 2.24) is 5.32 Å². The van der Waals surface area contributed by atoms with E-state index in [0.29, 0.717) is 18.8 Å². The summed E-state index contributed by atoms with van der Waals surface area (Å²) in [7, 11) is 0. The van der Waals surface area contributed by atoms with E-state index < -0.39 is 0 Å². The maximum Gasteiger partial charge on any atom is 0.220 e. The molecule has 1 atom stereocenters. The van der Waals surface area contributed by atoms with Crippen LogP contribution in [-0.2, 0) is 4.79 Å². The van der Waals surface area contributed by atoms with Crippen molar-refractivity contribution in [3.63, 3.8) is 0 Å². The van der Waals surface area contributed by atoms with Crippen molar-refractivity contribution >= 4 is 17.2 Å². The number of rotatable bonds is 6. The SMILES string of the molecule is CC(C)C(NC(=O)CCC(C)(C)N)c1cccs1. The highest BCUT2D eigenvalue weighted by Crippen LogP contribution is 2.25. The molecule has 1 aromatic heterocycles. The summed E-state index contributed by atoms with van der Waals surface area (Å²) in [6.07, 6.45) is 1.19. The molecule has 18 heavy (non-hydrogen) atoms. The van der Waals surface area contributed by atoms with Crippen molar-refractivity contribution in [3.8, 4) is 0 Å². The molecule has 1 aromatic rings. The van der Waals surface area contributed by atoms with Gasteiger partial charge in [-0.05, 0) is 37.6 Å². The van der Waals surface area contributed by atoms with Crippen LogP contribution >= 0.6 is 11.3 Å². The number of carbonyl (C=O) groups excluding carboxylic acids is 1. The highest BCUT2D eigenvalue weighted by atomic mass is 32.1. The Bertz CT molecular complexity index is 366. The third kappa shape index (κ3) is 5.19. The van der Waals surface area contributed by atoms with Crippen molar-refractivity contribution in [3.05, 3.63) is 22.4 Å².